The minimum Gasteiger partial charge on any atom is -0.0620 e. The van der Waals surface area contributed by atoms with Crippen LogP contribution in [0.3, 0.4) is 0 Å². The van der Waals surface area contributed by atoms with Gasteiger partial charge in [0.25, 0.3) is 0 Å². The molecule has 0 spiro atoms. The number of hydrogen-bond acceptors (Lipinski definition) is 0. The molecule has 0 aromatic rings. The third-order valence-electron chi connectivity index (χ3n) is 8.63. The summed E-state index contributed by atoms with van der Waals surface area (Å²) in [7, 11) is 0. The Kier molecular flexibility index (Phi) is 3.24. The van der Waals surface area contributed by atoms with E-state index < -0.39 is 0 Å². The van der Waals surface area contributed by atoms with Crippen molar-refractivity contribution in [2.75, 3.05) is 0 Å². The van der Waals surface area contributed by atoms with Crippen LogP contribution in [0.2, 0.25) is 0 Å². The molecule has 0 nitrogen and oxygen atoms in total. The topological polar surface area (TPSA) is 0 Å². The highest BCUT2D eigenvalue weighted by molar-refractivity contribution is 5.03. The Morgan fingerprint density at radius 3 is 2.20 bits per heavy atom. The second kappa shape index (κ2) is 4.75. The normalized spacial score (nSPS) is 53.9. The number of hydrogen-bond donors (Lipinski definition) is 0. The van der Waals surface area contributed by atoms with Gasteiger partial charge in [-0.25, -0.2) is 0 Å². The van der Waals surface area contributed by atoms with Crippen molar-refractivity contribution in [2.45, 2.75) is 78.6 Å². The van der Waals surface area contributed by atoms with Crippen molar-refractivity contribution in [1.82, 2.24) is 0 Å². The summed E-state index contributed by atoms with van der Waals surface area (Å²) in [5.74, 6) is 7.60. The molecule has 114 valence electrons. The van der Waals surface area contributed by atoms with Crippen molar-refractivity contribution < 1.29 is 0 Å². The van der Waals surface area contributed by atoms with Crippen LogP contribution in [0.15, 0.2) is 0 Å². The van der Waals surface area contributed by atoms with Crippen LogP contribution >= 0.6 is 0 Å². The number of rotatable bonds is 0. The lowest BCUT2D eigenvalue weighted by Crippen LogP contribution is -2.51. The van der Waals surface area contributed by atoms with Crippen LogP contribution in [0.4, 0.5) is 0 Å². The summed E-state index contributed by atoms with van der Waals surface area (Å²) < 4.78 is 0. The molecule has 4 saturated carbocycles. The third kappa shape index (κ3) is 1.85. The van der Waals surface area contributed by atoms with Gasteiger partial charge in [-0.3, -0.25) is 0 Å². The monoisotopic (exact) mass is 274 g/mol. The molecular weight excluding hydrogens is 240 g/mol. The van der Waals surface area contributed by atoms with E-state index in [-0.39, 0.29) is 0 Å². The van der Waals surface area contributed by atoms with Gasteiger partial charge < -0.3 is 0 Å². The fourth-order valence-electron chi connectivity index (χ4n) is 7.38. The van der Waals surface area contributed by atoms with E-state index in [9.17, 15) is 0 Å². The second-order valence-electron chi connectivity index (χ2n) is 9.42. The van der Waals surface area contributed by atoms with Crippen molar-refractivity contribution in [1.29, 1.82) is 0 Å². The fourth-order valence-corrected chi connectivity index (χ4v) is 7.38. The average molecular weight is 274 g/mol. The molecule has 0 aliphatic heterocycles. The van der Waals surface area contributed by atoms with Crippen LogP contribution in [-0.4, -0.2) is 0 Å². The third-order valence-corrected chi connectivity index (χ3v) is 8.63. The van der Waals surface area contributed by atoms with Gasteiger partial charge in [-0.2, -0.15) is 0 Å². The van der Waals surface area contributed by atoms with Crippen LogP contribution in [0.5, 0.6) is 0 Å². The Labute approximate surface area is 126 Å². The Morgan fingerprint density at radius 1 is 0.650 bits per heavy atom. The summed E-state index contributed by atoms with van der Waals surface area (Å²) in [6.45, 7) is 7.79. The molecule has 7 unspecified atom stereocenters. The van der Waals surface area contributed by atoms with Gasteiger partial charge in [-0.15, -0.1) is 0 Å². The lowest BCUT2D eigenvalue weighted by atomic mass is 9.46. The van der Waals surface area contributed by atoms with Gasteiger partial charge in [0.15, 0.2) is 0 Å². The van der Waals surface area contributed by atoms with Gasteiger partial charge in [0, 0.05) is 0 Å². The van der Waals surface area contributed by atoms with Gasteiger partial charge >= 0.3 is 0 Å². The maximum Gasteiger partial charge on any atom is -0.0295 e. The first-order valence-corrected chi connectivity index (χ1v) is 9.59. The van der Waals surface area contributed by atoms with Gasteiger partial charge in [0.05, 0.1) is 0 Å². The highest BCUT2D eigenvalue weighted by Gasteiger charge is 2.54. The second-order valence-corrected chi connectivity index (χ2v) is 9.42. The zero-order valence-electron chi connectivity index (χ0n) is 13.9. The van der Waals surface area contributed by atoms with Crippen LogP contribution in [0.1, 0.15) is 78.6 Å². The predicted molar refractivity (Wildman–Crippen MR) is 85.4 cm³/mol. The summed E-state index contributed by atoms with van der Waals surface area (Å²) in [5.41, 5.74) is 0.609. The Bertz CT molecular complexity index is 368. The minimum atomic E-state index is 0.609. The first-order chi connectivity index (χ1) is 9.59. The molecule has 0 radical (unpaired) electrons. The summed E-state index contributed by atoms with van der Waals surface area (Å²) in [4.78, 5) is 0. The molecule has 0 saturated heterocycles. The SMILES string of the molecule is CC1CCC2CCC3C4CCCC4CCC3C2C1(C)C. The van der Waals surface area contributed by atoms with Crippen LogP contribution in [0.25, 0.3) is 0 Å². The van der Waals surface area contributed by atoms with E-state index in [2.05, 4.69) is 20.8 Å². The van der Waals surface area contributed by atoms with Gasteiger partial charge in [0.1, 0.15) is 0 Å². The van der Waals surface area contributed by atoms with E-state index in [0.29, 0.717) is 5.41 Å². The van der Waals surface area contributed by atoms with Gasteiger partial charge in [0.2, 0.25) is 0 Å². The molecule has 7 atom stereocenters. The van der Waals surface area contributed by atoms with Crippen molar-refractivity contribution in [3.8, 4) is 0 Å². The van der Waals surface area contributed by atoms with Crippen molar-refractivity contribution >= 4 is 0 Å². The van der Waals surface area contributed by atoms with Crippen molar-refractivity contribution in [3.63, 3.8) is 0 Å². The van der Waals surface area contributed by atoms with Gasteiger partial charge in [-0.1, -0.05) is 33.6 Å². The molecular formula is C20H34. The molecule has 0 aromatic carbocycles. The molecule has 4 aliphatic rings. The molecule has 20 heavy (non-hydrogen) atoms. The molecule has 0 amide bonds. The van der Waals surface area contributed by atoms with Crippen LogP contribution in [-0.2, 0) is 0 Å². The largest absolute Gasteiger partial charge is 0.0620 e. The Hall–Kier alpha value is 0. The Morgan fingerprint density at radius 2 is 1.35 bits per heavy atom. The minimum absolute atomic E-state index is 0.609. The standard InChI is InChI=1S/C20H34/c1-13-7-8-15-10-11-17-16-6-4-5-14(16)9-12-18(17)19(15)20(13,2)3/h13-19H,4-12H2,1-3H3. The highest BCUT2D eigenvalue weighted by atomic mass is 14.6. The summed E-state index contributed by atoms with van der Waals surface area (Å²) in [6, 6.07) is 0. The van der Waals surface area contributed by atoms with E-state index in [4.69, 9.17) is 0 Å². The van der Waals surface area contributed by atoms with E-state index in [1.54, 1.807) is 51.4 Å². The molecule has 4 aliphatic carbocycles. The smallest absolute Gasteiger partial charge is 0.0295 e. The highest BCUT2D eigenvalue weighted by Crippen LogP contribution is 2.62. The summed E-state index contributed by atoms with van der Waals surface area (Å²) >= 11 is 0. The van der Waals surface area contributed by atoms with E-state index >= 15 is 0 Å². The maximum atomic E-state index is 2.62. The summed E-state index contributed by atoms with van der Waals surface area (Å²) in [5, 5.41) is 0. The van der Waals surface area contributed by atoms with Crippen LogP contribution < -0.4 is 0 Å². The average Bonchev–Trinajstić information content (AvgIpc) is 2.91. The fraction of sp³-hybridized carbons (Fsp3) is 1.00. The first-order valence-electron chi connectivity index (χ1n) is 9.59. The molecule has 0 N–H and O–H groups in total. The van der Waals surface area contributed by atoms with Crippen molar-refractivity contribution in [2.24, 2.45) is 46.8 Å². The molecule has 4 fully saturated rings. The molecule has 0 bridgehead atoms. The van der Waals surface area contributed by atoms with E-state index in [0.717, 1.165) is 41.4 Å². The van der Waals surface area contributed by atoms with E-state index in [1.165, 1.54) is 6.42 Å². The van der Waals surface area contributed by atoms with Crippen LogP contribution in [0, 0.1) is 46.8 Å². The predicted octanol–water partition coefficient (Wildman–Crippen LogP) is 5.91. The van der Waals surface area contributed by atoms with Crippen molar-refractivity contribution in [3.05, 3.63) is 0 Å². The molecule has 0 heterocycles. The number of fused-ring (bicyclic) bond motifs is 5. The lowest BCUT2D eigenvalue weighted by molar-refractivity contribution is -0.0990. The Balaban J connectivity index is 1.63. The quantitative estimate of drug-likeness (QED) is 0.515. The zero-order valence-corrected chi connectivity index (χ0v) is 13.9. The van der Waals surface area contributed by atoms with Gasteiger partial charge in [-0.05, 0) is 91.8 Å². The lowest BCUT2D eigenvalue weighted by Gasteiger charge is -2.59. The van der Waals surface area contributed by atoms with E-state index in [1.807, 2.05) is 0 Å². The molecule has 0 heteroatoms. The first kappa shape index (κ1) is 13.6. The zero-order chi connectivity index (χ0) is 13.9. The maximum absolute atomic E-state index is 2.62. The molecule has 4 rings (SSSR count). The molecule has 0 aromatic heterocycles. The summed E-state index contributed by atoms with van der Waals surface area (Å²) in [6.07, 6.45) is 14.1.